The predicted molar refractivity (Wildman–Crippen MR) is 43.0 cm³/mol. The van der Waals surface area contributed by atoms with Gasteiger partial charge in [-0.05, 0) is 6.92 Å². The molecular formula is C8H10F2N2O. The van der Waals surface area contributed by atoms with Crippen molar-refractivity contribution in [3.05, 3.63) is 17.7 Å². The fourth-order valence-corrected chi connectivity index (χ4v) is 1.04. The van der Waals surface area contributed by atoms with Gasteiger partial charge < -0.3 is 4.57 Å². The highest BCUT2D eigenvalue weighted by atomic mass is 19.3. The monoisotopic (exact) mass is 188 g/mol. The van der Waals surface area contributed by atoms with E-state index in [1.807, 2.05) is 0 Å². The molecule has 0 aliphatic rings. The lowest BCUT2D eigenvalue weighted by molar-refractivity contribution is 0.111. The van der Waals surface area contributed by atoms with Crippen LogP contribution in [0.15, 0.2) is 6.33 Å². The minimum atomic E-state index is -2.32. The normalized spacial score (nSPS) is 10.8. The minimum Gasteiger partial charge on any atom is -0.334 e. The summed E-state index contributed by atoms with van der Waals surface area (Å²) in [4.78, 5) is 14.1. The molecule has 1 aromatic rings. The van der Waals surface area contributed by atoms with Crippen LogP contribution in [0.25, 0.3) is 0 Å². The molecule has 0 bridgehead atoms. The molecule has 0 atom stereocenters. The molecule has 72 valence electrons. The number of hydrogen-bond donors (Lipinski definition) is 0. The third-order valence-electron chi connectivity index (χ3n) is 1.84. The SMILES string of the molecule is Cc1c(C=O)ncn1CCC(F)F. The highest BCUT2D eigenvalue weighted by molar-refractivity contribution is 5.73. The summed E-state index contributed by atoms with van der Waals surface area (Å²) in [6, 6.07) is 0. The summed E-state index contributed by atoms with van der Waals surface area (Å²) in [6.07, 6.45) is -0.507. The van der Waals surface area contributed by atoms with Gasteiger partial charge in [-0.25, -0.2) is 13.8 Å². The Hall–Kier alpha value is -1.26. The van der Waals surface area contributed by atoms with Crippen molar-refractivity contribution in [2.75, 3.05) is 0 Å². The number of rotatable bonds is 4. The number of aromatic nitrogens is 2. The number of hydrogen-bond acceptors (Lipinski definition) is 2. The lowest BCUT2D eigenvalue weighted by atomic mass is 10.3. The van der Waals surface area contributed by atoms with Crippen molar-refractivity contribution in [1.29, 1.82) is 0 Å². The largest absolute Gasteiger partial charge is 0.334 e. The number of halogens is 2. The summed E-state index contributed by atoms with van der Waals surface area (Å²) in [5, 5.41) is 0. The molecular weight excluding hydrogens is 178 g/mol. The van der Waals surface area contributed by atoms with Gasteiger partial charge in [0, 0.05) is 18.7 Å². The fraction of sp³-hybridized carbons (Fsp3) is 0.500. The summed E-state index contributed by atoms with van der Waals surface area (Å²) in [6.45, 7) is 1.88. The molecule has 0 aromatic carbocycles. The van der Waals surface area contributed by atoms with Crippen LogP contribution in [0.4, 0.5) is 8.78 Å². The topological polar surface area (TPSA) is 34.9 Å². The number of imidazole rings is 1. The number of aryl methyl sites for hydroxylation is 1. The second kappa shape index (κ2) is 4.11. The minimum absolute atomic E-state index is 0.199. The van der Waals surface area contributed by atoms with Crippen LogP contribution in [0.5, 0.6) is 0 Å². The Kier molecular flexibility index (Phi) is 3.11. The van der Waals surface area contributed by atoms with Crippen molar-refractivity contribution in [3.63, 3.8) is 0 Å². The van der Waals surface area contributed by atoms with E-state index in [9.17, 15) is 13.6 Å². The van der Waals surface area contributed by atoms with Gasteiger partial charge >= 0.3 is 0 Å². The van der Waals surface area contributed by atoms with Crippen LogP contribution in [0.2, 0.25) is 0 Å². The second-order valence-electron chi connectivity index (χ2n) is 2.71. The number of nitrogens with zero attached hydrogens (tertiary/aromatic N) is 2. The highest BCUT2D eigenvalue weighted by Crippen LogP contribution is 2.07. The Bertz CT molecular complexity index is 296. The molecule has 1 aromatic heterocycles. The first-order valence-corrected chi connectivity index (χ1v) is 3.90. The van der Waals surface area contributed by atoms with Gasteiger partial charge in [-0.3, -0.25) is 4.79 Å². The Morgan fingerprint density at radius 1 is 1.69 bits per heavy atom. The molecule has 0 saturated heterocycles. The molecule has 0 radical (unpaired) electrons. The maximum absolute atomic E-state index is 11.8. The smallest absolute Gasteiger partial charge is 0.240 e. The van der Waals surface area contributed by atoms with Gasteiger partial charge in [-0.15, -0.1) is 0 Å². The molecule has 0 aliphatic heterocycles. The fourth-order valence-electron chi connectivity index (χ4n) is 1.04. The Morgan fingerprint density at radius 3 is 2.85 bits per heavy atom. The van der Waals surface area contributed by atoms with Crippen LogP contribution in [-0.2, 0) is 6.54 Å². The molecule has 1 rings (SSSR count). The molecule has 1 heterocycles. The molecule has 0 spiro atoms. The van der Waals surface area contributed by atoms with E-state index in [1.54, 1.807) is 11.5 Å². The second-order valence-corrected chi connectivity index (χ2v) is 2.71. The van der Waals surface area contributed by atoms with Crippen LogP contribution >= 0.6 is 0 Å². The van der Waals surface area contributed by atoms with Crippen molar-refractivity contribution in [3.8, 4) is 0 Å². The molecule has 0 unspecified atom stereocenters. The van der Waals surface area contributed by atoms with E-state index in [1.165, 1.54) is 6.33 Å². The molecule has 0 saturated carbocycles. The van der Waals surface area contributed by atoms with Crippen LogP contribution in [0.1, 0.15) is 22.6 Å². The van der Waals surface area contributed by atoms with Crippen molar-refractivity contribution >= 4 is 6.29 Å². The average molecular weight is 188 g/mol. The first kappa shape index (κ1) is 9.83. The van der Waals surface area contributed by atoms with Gasteiger partial charge in [0.1, 0.15) is 5.69 Å². The van der Waals surface area contributed by atoms with Gasteiger partial charge in [-0.1, -0.05) is 0 Å². The maximum Gasteiger partial charge on any atom is 0.240 e. The Balaban J connectivity index is 2.67. The van der Waals surface area contributed by atoms with Crippen molar-refractivity contribution in [1.82, 2.24) is 9.55 Å². The molecule has 0 amide bonds. The van der Waals surface area contributed by atoms with Gasteiger partial charge in [0.25, 0.3) is 0 Å². The van der Waals surface area contributed by atoms with E-state index in [0.29, 0.717) is 17.7 Å². The Morgan fingerprint density at radius 2 is 2.38 bits per heavy atom. The summed E-state index contributed by atoms with van der Waals surface area (Å²) < 4.78 is 25.2. The van der Waals surface area contributed by atoms with E-state index in [2.05, 4.69) is 4.98 Å². The van der Waals surface area contributed by atoms with E-state index in [4.69, 9.17) is 0 Å². The number of aldehydes is 1. The van der Waals surface area contributed by atoms with Crippen molar-refractivity contribution < 1.29 is 13.6 Å². The lowest BCUT2D eigenvalue weighted by Crippen LogP contribution is -2.03. The van der Waals surface area contributed by atoms with Gasteiger partial charge in [0.05, 0.1) is 6.33 Å². The summed E-state index contributed by atoms with van der Waals surface area (Å²) in [5.74, 6) is 0. The molecule has 5 heteroatoms. The summed E-state index contributed by atoms with van der Waals surface area (Å²) in [7, 11) is 0. The first-order chi connectivity index (χ1) is 6.15. The molecule has 0 aliphatic carbocycles. The molecule has 3 nitrogen and oxygen atoms in total. The zero-order valence-corrected chi connectivity index (χ0v) is 7.20. The van der Waals surface area contributed by atoms with Crippen LogP contribution in [0.3, 0.4) is 0 Å². The van der Waals surface area contributed by atoms with E-state index >= 15 is 0 Å². The first-order valence-electron chi connectivity index (χ1n) is 3.90. The maximum atomic E-state index is 11.8. The third-order valence-corrected chi connectivity index (χ3v) is 1.84. The van der Waals surface area contributed by atoms with E-state index in [-0.39, 0.29) is 13.0 Å². The average Bonchev–Trinajstić information content (AvgIpc) is 2.43. The van der Waals surface area contributed by atoms with Crippen molar-refractivity contribution in [2.45, 2.75) is 26.3 Å². The quantitative estimate of drug-likeness (QED) is 0.673. The number of carbonyl (C=O) groups is 1. The van der Waals surface area contributed by atoms with Crippen LogP contribution in [0, 0.1) is 6.92 Å². The zero-order chi connectivity index (χ0) is 9.84. The van der Waals surface area contributed by atoms with Crippen LogP contribution in [-0.4, -0.2) is 22.3 Å². The zero-order valence-electron chi connectivity index (χ0n) is 7.20. The van der Waals surface area contributed by atoms with Gasteiger partial charge in [0.15, 0.2) is 6.29 Å². The standard InChI is InChI=1S/C8H10F2N2O/c1-6-7(4-13)11-5-12(6)3-2-8(9)10/h4-5,8H,2-3H2,1H3. The van der Waals surface area contributed by atoms with Gasteiger partial charge in [-0.2, -0.15) is 0 Å². The number of alkyl halides is 2. The summed E-state index contributed by atoms with van der Waals surface area (Å²) >= 11 is 0. The highest BCUT2D eigenvalue weighted by Gasteiger charge is 2.07. The molecule has 13 heavy (non-hydrogen) atoms. The third kappa shape index (κ3) is 2.34. The Labute approximate surface area is 74.4 Å². The van der Waals surface area contributed by atoms with Crippen molar-refractivity contribution in [2.24, 2.45) is 0 Å². The molecule has 0 fully saturated rings. The van der Waals surface area contributed by atoms with E-state index < -0.39 is 6.43 Å². The summed E-state index contributed by atoms with van der Waals surface area (Å²) in [5.41, 5.74) is 0.949. The predicted octanol–water partition coefficient (Wildman–Crippen LogP) is 1.66. The van der Waals surface area contributed by atoms with Gasteiger partial charge in [0.2, 0.25) is 6.43 Å². The lowest BCUT2D eigenvalue weighted by Gasteiger charge is -2.03. The number of carbonyl (C=O) groups excluding carboxylic acids is 1. The van der Waals surface area contributed by atoms with E-state index in [0.717, 1.165) is 0 Å². The molecule has 0 N–H and O–H groups in total. The van der Waals surface area contributed by atoms with Crippen LogP contribution < -0.4 is 0 Å².